The molecule has 1 heterocycles. The molecule has 0 saturated heterocycles. The van der Waals surface area contributed by atoms with Crippen LogP contribution in [0.25, 0.3) is 0 Å². The van der Waals surface area contributed by atoms with E-state index < -0.39 is 0 Å². The van der Waals surface area contributed by atoms with E-state index in [1.807, 2.05) is 24.3 Å². The second kappa shape index (κ2) is 5.55. The summed E-state index contributed by atoms with van der Waals surface area (Å²) in [6, 6.07) is 7.56. The number of hydrogen-bond donors (Lipinski definition) is 1. The molecule has 5 heteroatoms. The van der Waals surface area contributed by atoms with Crippen LogP contribution in [0.2, 0.25) is 0 Å². The zero-order chi connectivity index (χ0) is 13.0. The molecule has 1 aromatic heterocycles. The van der Waals surface area contributed by atoms with Crippen LogP contribution in [0, 0.1) is 0 Å². The second-order valence-electron chi connectivity index (χ2n) is 4.22. The van der Waals surface area contributed by atoms with Crippen LogP contribution in [0.5, 0.6) is 0 Å². The van der Waals surface area contributed by atoms with Crippen molar-refractivity contribution in [3.63, 3.8) is 0 Å². The zero-order valence-electron chi connectivity index (χ0n) is 10.3. The molecule has 2 N–H and O–H groups in total. The summed E-state index contributed by atoms with van der Waals surface area (Å²) in [4.78, 5) is 12.0. The average Bonchev–Trinajstić information content (AvgIpc) is 2.76. The van der Waals surface area contributed by atoms with Crippen LogP contribution in [0.15, 0.2) is 30.5 Å². The van der Waals surface area contributed by atoms with E-state index in [0.717, 1.165) is 12.0 Å². The van der Waals surface area contributed by atoms with Gasteiger partial charge in [0.15, 0.2) is 5.78 Å². The predicted molar refractivity (Wildman–Crippen MR) is 68.2 cm³/mol. The molecule has 0 saturated carbocycles. The Bertz CT molecular complexity index is 530. The molecule has 0 unspecified atom stereocenters. The highest BCUT2D eigenvalue weighted by Gasteiger charge is 2.09. The number of ketones is 1. The maximum atomic E-state index is 12.0. The number of Topliss-reactive ketones (excluding diaryl/α,β-unsaturated/α-hetero) is 1. The Morgan fingerprint density at radius 1 is 1.33 bits per heavy atom. The van der Waals surface area contributed by atoms with Crippen molar-refractivity contribution < 1.29 is 4.79 Å². The molecule has 94 valence electrons. The molecule has 2 aromatic rings. The van der Waals surface area contributed by atoms with Gasteiger partial charge in [0, 0.05) is 18.8 Å². The Labute approximate surface area is 106 Å². The van der Waals surface area contributed by atoms with Crippen molar-refractivity contribution in [2.45, 2.75) is 12.8 Å². The van der Waals surface area contributed by atoms with Gasteiger partial charge in [-0.15, -0.1) is 5.10 Å². The lowest BCUT2D eigenvalue weighted by Gasteiger charge is -2.01. The molecule has 1 aromatic carbocycles. The van der Waals surface area contributed by atoms with Gasteiger partial charge >= 0.3 is 0 Å². The van der Waals surface area contributed by atoms with E-state index in [0.29, 0.717) is 17.8 Å². The normalized spacial score (nSPS) is 10.6. The lowest BCUT2D eigenvalue weighted by Crippen LogP contribution is -2.05. The molecule has 18 heavy (non-hydrogen) atoms. The van der Waals surface area contributed by atoms with Crippen LogP contribution in [0.4, 0.5) is 0 Å². The third-order valence-electron chi connectivity index (χ3n) is 2.70. The summed E-state index contributed by atoms with van der Waals surface area (Å²) in [6.45, 7) is 0.618. The van der Waals surface area contributed by atoms with Gasteiger partial charge in [0.05, 0.1) is 12.1 Å². The number of benzene rings is 1. The molecule has 5 nitrogen and oxygen atoms in total. The Morgan fingerprint density at radius 3 is 2.61 bits per heavy atom. The first-order valence-corrected chi connectivity index (χ1v) is 5.86. The molecule has 0 aliphatic carbocycles. The number of rotatable bonds is 5. The molecular formula is C13H16N4O. The first-order valence-electron chi connectivity index (χ1n) is 5.86. The molecule has 0 fully saturated rings. The number of nitrogens with two attached hydrogens (primary N) is 1. The molecule has 0 aliphatic heterocycles. The van der Waals surface area contributed by atoms with Gasteiger partial charge in [0.2, 0.25) is 0 Å². The summed E-state index contributed by atoms with van der Waals surface area (Å²) < 4.78 is 1.59. The lowest BCUT2D eigenvalue weighted by atomic mass is 10.0. The third kappa shape index (κ3) is 3.01. The molecule has 0 atom stereocenters. The highest BCUT2D eigenvalue weighted by molar-refractivity contribution is 5.97. The molecule has 0 radical (unpaired) electrons. The van der Waals surface area contributed by atoms with Crippen LogP contribution in [-0.2, 0) is 19.9 Å². The fraction of sp³-hybridized carbons (Fsp3) is 0.308. The largest absolute Gasteiger partial charge is 0.330 e. The fourth-order valence-corrected chi connectivity index (χ4v) is 1.77. The van der Waals surface area contributed by atoms with Crippen molar-refractivity contribution in [3.8, 4) is 0 Å². The van der Waals surface area contributed by atoms with Gasteiger partial charge in [-0.1, -0.05) is 29.5 Å². The van der Waals surface area contributed by atoms with Crippen molar-refractivity contribution in [3.05, 3.63) is 47.3 Å². The van der Waals surface area contributed by atoms with Crippen molar-refractivity contribution in [2.75, 3.05) is 6.54 Å². The second-order valence-corrected chi connectivity index (χ2v) is 4.22. The molecule has 0 aliphatic rings. The van der Waals surface area contributed by atoms with E-state index in [2.05, 4.69) is 10.3 Å². The molecule has 0 amide bonds. The number of aryl methyl sites for hydroxylation is 1. The van der Waals surface area contributed by atoms with E-state index in [4.69, 9.17) is 5.73 Å². The fourth-order valence-electron chi connectivity index (χ4n) is 1.77. The quantitative estimate of drug-likeness (QED) is 0.787. The number of carbonyl (C=O) groups excluding carboxylic acids is 1. The highest BCUT2D eigenvalue weighted by atomic mass is 16.1. The molecule has 2 rings (SSSR count). The summed E-state index contributed by atoms with van der Waals surface area (Å²) >= 11 is 0. The number of carbonyl (C=O) groups is 1. The summed E-state index contributed by atoms with van der Waals surface area (Å²) in [5, 5.41) is 7.71. The van der Waals surface area contributed by atoms with Gasteiger partial charge in [-0.05, 0) is 18.5 Å². The first-order chi connectivity index (χ1) is 8.69. The smallest absolute Gasteiger partial charge is 0.168 e. The van der Waals surface area contributed by atoms with Gasteiger partial charge in [-0.3, -0.25) is 9.48 Å². The maximum absolute atomic E-state index is 12.0. The van der Waals surface area contributed by atoms with Crippen molar-refractivity contribution in [1.29, 1.82) is 0 Å². The molecule has 0 bridgehead atoms. The van der Waals surface area contributed by atoms with Gasteiger partial charge in [0.25, 0.3) is 0 Å². The topological polar surface area (TPSA) is 73.8 Å². The van der Waals surface area contributed by atoms with Crippen LogP contribution < -0.4 is 5.73 Å². The summed E-state index contributed by atoms with van der Waals surface area (Å²) in [6.07, 6.45) is 2.86. The first kappa shape index (κ1) is 12.4. The number of nitrogens with zero attached hydrogens (tertiary/aromatic N) is 3. The van der Waals surface area contributed by atoms with Crippen molar-refractivity contribution >= 4 is 5.78 Å². The van der Waals surface area contributed by atoms with Crippen LogP contribution in [0.1, 0.15) is 21.6 Å². The standard InChI is InChI=1S/C13H16N4O/c1-17-9-12(15-16-17)8-13(18)11-4-2-10(3-5-11)6-7-14/h2-5,9H,6-8,14H2,1H3. The van der Waals surface area contributed by atoms with E-state index in [-0.39, 0.29) is 12.2 Å². The lowest BCUT2D eigenvalue weighted by molar-refractivity contribution is 0.0992. The Kier molecular flexibility index (Phi) is 3.84. The molecule has 0 spiro atoms. The zero-order valence-corrected chi connectivity index (χ0v) is 10.3. The minimum absolute atomic E-state index is 0.0507. The minimum atomic E-state index is 0.0507. The highest BCUT2D eigenvalue weighted by Crippen LogP contribution is 2.08. The van der Waals surface area contributed by atoms with Gasteiger partial charge in [-0.25, -0.2) is 0 Å². The van der Waals surface area contributed by atoms with Crippen LogP contribution >= 0.6 is 0 Å². The summed E-state index contributed by atoms with van der Waals surface area (Å²) in [5.41, 5.74) is 8.01. The SMILES string of the molecule is Cn1cc(CC(=O)c2ccc(CCN)cc2)nn1. The monoisotopic (exact) mass is 244 g/mol. The van der Waals surface area contributed by atoms with Gasteiger partial charge in [-0.2, -0.15) is 0 Å². The maximum Gasteiger partial charge on any atom is 0.168 e. The predicted octanol–water partition coefficient (Wildman–Crippen LogP) is 0.742. The minimum Gasteiger partial charge on any atom is -0.330 e. The third-order valence-corrected chi connectivity index (χ3v) is 2.70. The van der Waals surface area contributed by atoms with Crippen LogP contribution in [0.3, 0.4) is 0 Å². The van der Waals surface area contributed by atoms with Gasteiger partial charge < -0.3 is 5.73 Å². The number of aromatic nitrogens is 3. The van der Waals surface area contributed by atoms with Gasteiger partial charge in [0.1, 0.15) is 0 Å². The van der Waals surface area contributed by atoms with Crippen molar-refractivity contribution in [2.24, 2.45) is 12.8 Å². The Balaban J connectivity index is 2.04. The number of hydrogen-bond acceptors (Lipinski definition) is 4. The van der Waals surface area contributed by atoms with E-state index >= 15 is 0 Å². The Hall–Kier alpha value is -2.01. The molecular weight excluding hydrogens is 228 g/mol. The van der Waals surface area contributed by atoms with E-state index in [1.165, 1.54) is 0 Å². The van der Waals surface area contributed by atoms with Crippen molar-refractivity contribution in [1.82, 2.24) is 15.0 Å². The summed E-state index contributed by atoms with van der Waals surface area (Å²) in [5.74, 6) is 0.0507. The average molecular weight is 244 g/mol. The van der Waals surface area contributed by atoms with Crippen LogP contribution in [-0.4, -0.2) is 27.3 Å². The van der Waals surface area contributed by atoms with E-state index in [1.54, 1.807) is 17.9 Å². The summed E-state index contributed by atoms with van der Waals surface area (Å²) in [7, 11) is 1.78. The Morgan fingerprint density at radius 2 is 2.06 bits per heavy atom. The van der Waals surface area contributed by atoms with E-state index in [9.17, 15) is 4.79 Å².